The van der Waals surface area contributed by atoms with Crippen molar-refractivity contribution < 1.29 is 9.18 Å². The van der Waals surface area contributed by atoms with E-state index in [0.717, 1.165) is 11.3 Å². The van der Waals surface area contributed by atoms with E-state index in [9.17, 15) is 14.0 Å². The lowest BCUT2D eigenvalue weighted by molar-refractivity contribution is -0.124. The highest BCUT2D eigenvalue weighted by atomic mass is 35.5. The molecule has 1 amide bonds. The van der Waals surface area contributed by atoms with E-state index in [2.05, 4.69) is 20.6 Å². The minimum atomic E-state index is -0.716. The van der Waals surface area contributed by atoms with Crippen molar-refractivity contribution in [1.82, 2.24) is 19.9 Å². The summed E-state index contributed by atoms with van der Waals surface area (Å²) in [7, 11) is 0. The summed E-state index contributed by atoms with van der Waals surface area (Å²) >= 11 is 6.33. The smallest absolute Gasteiger partial charge is 0.294 e. The number of hydrogen-bond acceptors (Lipinski definition) is 6. The maximum absolute atomic E-state index is 14.3. The number of carbonyl (C=O) groups excluding carboxylic acids is 1. The predicted octanol–water partition coefficient (Wildman–Crippen LogP) is 3.05. The maximum Gasteiger partial charge on any atom is 0.294 e. The first-order valence-corrected chi connectivity index (χ1v) is 10.9. The number of aryl methyl sites for hydroxylation is 2. The molecule has 172 valence electrons. The van der Waals surface area contributed by atoms with Gasteiger partial charge in [-0.25, -0.2) is 14.4 Å². The highest BCUT2D eigenvalue weighted by Gasteiger charge is 2.32. The zero-order valence-corrected chi connectivity index (χ0v) is 19.0. The van der Waals surface area contributed by atoms with Gasteiger partial charge in [-0.05, 0) is 43.9 Å². The molecule has 1 aliphatic rings. The van der Waals surface area contributed by atoms with Crippen molar-refractivity contribution in [2.45, 2.75) is 45.8 Å². The number of anilines is 2. The second-order valence-electron chi connectivity index (χ2n) is 8.03. The number of amides is 1. The summed E-state index contributed by atoms with van der Waals surface area (Å²) < 4.78 is 15.7. The van der Waals surface area contributed by atoms with Gasteiger partial charge in [-0.3, -0.25) is 14.2 Å². The fourth-order valence-corrected chi connectivity index (χ4v) is 4.26. The predicted molar refractivity (Wildman–Crippen MR) is 125 cm³/mol. The number of benzene rings is 1. The van der Waals surface area contributed by atoms with E-state index in [4.69, 9.17) is 17.3 Å². The van der Waals surface area contributed by atoms with Crippen LogP contribution in [0.5, 0.6) is 0 Å². The number of nitrogens with two attached hydrogens (primary N) is 1. The van der Waals surface area contributed by atoms with Crippen LogP contribution in [-0.4, -0.2) is 20.4 Å². The van der Waals surface area contributed by atoms with Gasteiger partial charge in [0, 0.05) is 24.3 Å². The molecule has 0 unspecified atom stereocenters. The number of halogens is 2. The van der Waals surface area contributed by atoms with Crippen molar-refractivity contribution in [2.24, 2.45) is 0 Å². The summed E-state index contributed by atoms with van der Waals surface area (Å²) in [6.45, 7) is 3.80. The van der Waals surface area contributed by atoms with Crippen molar-refractivity contribution in [3.63, 3.8) is 0 Å². The molecule has 10 heteroatoms. The van der Waals surface area contributed by atoms with Crippen molar-refractivity contribution in [3.8, 4) is 0 Å². The van der Waals surface area contributed by atoms with Crippen LogP contribution in [0.2, 0.25) is 5.15 Å². The molecule has 1 aromatic carbocycles. The van der Waals surface area contributed by atoms with Gasteiger partial charge in [0.2, 0.25) is 5.91 Å². The molecule has 0 spiro atoms. The van der Waals surface area contributed by atoms with Crippen molar-refractivity contribution in [2.75, 3.05) is 11.1 Å². The van der Waals surface area contributed by atoms with Gasteiger partial charge >= 0.3 is 0 Å². The molecule has 0 saturated carbocycles. The van der Waals surface area contributed by atoms with Gasteiger partial charge in [-0.1, -0.05) is 35.9 Å². The van der Waals surface area contributed by atoms with Crippen molar-refractivity contribution >= 4 is 29.1 Å². The number of fused-ring (bicyclic) bond motifs is 1. The monoisotopic (exact) mass is 470 g/mol. The molecular weight excluding hydrogens is 447 g/mol. The van der Waals surface area contributed by atoms with E-state index < -0.39 is 11.6 Å². The number of pyridine rings is 1. The summed E-state index contributed by atoms with van der Waals surface area (Å²) in [6, 6.07) is 7.80. The van der Waals surface area contributed by atoms with E-state index in [1.165, 1.54) is 4.57 Å². The SMILES string of the molecule is Cc1cccc(CNc2nc(Cl)c3n(c2=O)[C@H](C(=O)NCc2ccc(N)nc2C)CC3)c1F. The van der Waals surface area contributed by atoms with E-state index in [1.807, 2.05) is 6.92 Å². The lowest BCUT2D eigenvalue weighted by atomic mass is 10.1. The summed E-state index contributed by atoms with van der Waals surface area (Å²) in [5.41, 5.74) is 8.19. The standard InChI is InChI=1S/C23H24ClFN6O2/c1-12-4-3-5-15(19(12)25)11-27-21-23(33)31-16(20(24)30-21)7-8-17(31)22(32)28-10-14-6-9-18(26)29-13(14)2/h3-6,9,17H,7-8,10-11H2,1-2H3,(H2,26,29)(H,27,30)(H,28,32)/t17-/m0/s1. The summed E-state index contributed by atoms with van der Waals surface area (Å²) in [5, 5.41) is 5.89. The molecule has 3 heterocycles. The largest absolute Gasteiger partial charge is 0.384 e. The Morgan fingerprint density at radius 2 is 2.00 bits per heavy atom. The van der Waals surface area contributed by atoms with E-state index >= 15 is 0 Å². The first-order valence-electron chi connectivity index (χ1n) is 10.5. The maximum atomic E-state index is 14.3. The normalized spacial score (nSPS) is 14.7. The highest BCUT2D eigenvalue weighted by Crippen LogP contribution is 2.29. The lowest BCUT2D eigenvalue weighted by Crippen LogP contribution is -2.36. The molecule has 0 fully saturated rings. The van der Waals surface area contributed by atoms with Gasteiger partial charge in [-0.15, -0.1) is 0 Å². The number of hydrogen-bond donors (Lipinski definition) is 3. The minimum absolute atomic E-state index is 0.0251. The highest BCUT2D eigenvalue weighted by molar-refractivity contribution is 6.30. The Morgan fingerprint density at radius 1 is 1.21 bits per heavy atom. The van der Waals surface area contributed by atoms with Crippen LogP contribution in [0.1, 0.15) is 40.5 Å². The fourth-order valence-electron chi connectivity index (χ4n) is 3.99. The third-order valence-corrected chi connectivity index (χ3v) is 6.12. The summed E-state index contributed by atoms with van der Waals surface area (Å²) in [4.78, 5) is 34.5. The Balaban J connectivity index is 1.54. The summed E-state index contributed by atoms with van der Waals surface area (Å²) in [6.07, 6.45) is 0.881. The molecule has 0 bridgehead atoms. The molecule has 4 N–H and O–H groups in total. The van der Waals surface area contributed by atoms with Crippen molar-refractivity contribution in [3.05, 3.63) is 79.7 Å². The first kappa shape index (κ1) is 22.7. The van der Waals surface area contributed by atoms with Crippen LogP contribution in [0.15, 0.2) is 35.1 Å². The van der Waals surface area contributed by atoms with Gasteiger partial charge in [0.25, 0.3) is 5.56 Å². The number of nitrogens with zero attached hydrogens (tertiary/aromatic N) is 3. The Labute approximate surface area is 195 Å². The number of carbonyl (C=O) groups is 1. The van der Waals surface area contributed by atoms with Crippen LogP contribution in [0.3, 0.4) is 0 Å². The number of aromatic nitrogens is 3. The topological polar surface area (TPSA) is 115 Å². The van der Waals surface area contributed by atoms with Crippen LogP contribution >= 0.6 is 11.6 Å². The van der Waals surface area contributed by atoms with E-state index in [1.54, 1.807) is 37.3 Å². The zero-order valence-electron chi connectivity index (χ0n) is 18.3. The Bertz CT molecular complexity index is 1290. The molecule has 1 atom stereocenters. The quantitative estimate of drug-likeness (QED) is 0.510. The van der Waals surface area contributed by atoms with Crippen LogP contribution in [0.4, 0.5) is 16.0 Å². The number of nitrogens with one attached hydrogen (secondary N) is 2. The first-order chi connectivity index (χ1) is 15.8. The summed E-state index contributed by atoms with van der Waals surface area (Å²) in [5.74, 6) is -0.262. The van der Waals surface area contributed by atoms with Gasteiger partial charge in [0.15, 0.2) is 11.0 Å². The molecule has 2 aromatic heterocycles. The second-order valence-corrected chi connectivity index (χ2v) is 8.39. The lowest BCUT2D eigenvalue weighted by Gasteiger charge is -2.17. The van der Waals surface area contributed by atoms with Crippen LogP contribution in [0.25, 0.3) is 0 Å². The van der Waals surface area contributed by atoms with Gasteiger partial charge in [-0.2, -0.15) is 0 Å². The molecule has 0 aliphatic carbocycles. The Hall–Kier alpha value is -3.46. The molecular formula is C23H24ClFN6O2. The Kier molecular flexibility index (Phi) is 6.33. The zero-order chi connectivity index (χ0) is 23.7. The molecule has 8 nitrogen and oxygen atoms in total. The van der Waals surface area contributed by atoms with Crippen molar-refractivity contribution in [1.29, 1.82) is 0 Å². The van der Waals surface area contributed by atoms with E-state index in [0.29, 0.717) is 35.5 Å². The molecule has 3 aromatic rings. The van der Waals surface area contributed by atoms with E-state index in [-0.39, 0.29) is 35.8 Å². The Morgan fingerprint density at radius 3 is 2.76 bits per heavy atom. The third kappa shape index (κ3) is 4.54. The average Bonchev–Trinajstić information content (AvgIpc) is 3.23. The fraction of sp³-hybridized carbons (Fsp3) is 0.304. The third-order valence-electron chi connectivity index (χ3n) is 5.82. The molecule has 4 rings (SSSR count). The molecule has 0 saturated heterocycles. The number of nitrogen functional groups attached to an aromatic ring is 1. The molecule has 33 heavy (non-hydrogen) atoms. The minimum Gasteiger partial charge on any atom is -0.384 e. The molecule has 1 aliphatic heterocycles. The van der Waals surface area contributed by atoms with Crippen LogP contribution < -0.4 is 21.9 Å². The van der Waals surface area contributed by atoms with Gasteiger partial charge in [0.1, 0.15) is 17.7 Å². The number of rotatable bonds is 6. The average molecular weight is 471 g/mol. The second kappa shape index (κ2) is 9.19. The molecule has 0 radical (unpaired) electrons. The van der Waals surface area contributed by atoms with Crippen LogP contribution in [-0.2, 0) is 24.3 Å². The van der Waals surface area contributed by atoms with Gasteiger partial charge in [0.05, 0.1) is 5.69 Å². The van der Waals surface area contributed by atoms with Crippen LogP contribution in [0, 0.1) is 19.7 Å². The van der Waals surface area contributed by atoms with Gasteiger partial charge < -0.3 is 16.4 Å².